The Balaban J connectivity index is 1.45. The molecule has 1 aromatic heterocycles. The third-order valence-corrected chi connectivity index (χ3v) is 8.32. The zero-order valence-electron chi connectivity index (χ0n) is 19.3. The first kappa shape index (κ1) is 20.7. The van der Waals surface area contributed by atoms with Crippen LogP contribution < -0.4 is 10.2 Å². The van der Waals surface area contributed by atoms with Crippen molar-refractivity contribution in [2.45, 2.75) is 64.0 Å². The lowest BCUT2D eigenvalue weighted by atomic mass is 9.68. The number of hydrogen-bond acceptors (Lipinski definition) is 3. The van der Waals surface area contributed by atoms with Gasteiger partial charge in [-0.05, 0) is 68.6 Å². The number of carboxylic acid groups (broad SMARTS) is 1. The third kappa shape index (κ3) is 3.43. The van der Waals surface area contributed by atoms with Crippen molar-refractivity contribution in [3.63, 3.8) is 0 Å². The number of benzene rings is 2. The van der Waals surface area contributed by atoms with Gasteiger partial charge in [-0.25, -0.2) is 9.78 Å². The van der Waals surface area contributed by atoms with E-state index in [1.54, 1.807) is 0 Å². The minimum absolute atomic E-state index is 0.0102. The molecule has 172 valence electrons. The van der Waals surface area contributed by atoms with Crippen molar-refractivity contribution in [3.05, 3.63) is 59.4 Å². The van der Waals surface area contributed by atoms with E-state index in [0.717, 1.165) is 54.9 Å². The molecule has 2 fully saturated rings. The lowest BCUT2D eigenvalue weighted by Gasteiger charge is -2.47. The fraction of sp³-hybridized carbons (Fsp3) is 0.481. The number of nitrogens with zero attached hydrogens (tertiary/aromatic N) is 3. The maximum atomic E-state index is 12.0. The Kier molecular flexibility index (Phi) is 4.94. The van der Waals surface area contributed by atoms with Crippen molar-refractivity contribution in [3.8, 4) is 0 Å². The van der Waals surface area contributed by atoms with Gasteiger partial charge in [-0.15, -0.1) is 0 Å². The average molecular weight is 445 g/mol. The number of fused-ring (bicyclic) bond motifs is 3. The van der Waals surface area contributed by atoms with Gasteiger partial charge in [0.2, 0.25) is 0 Å². The molecule has 3 aliphatic rings. The molecule has 0 unspecified atom stereocenters. The first-order valence-corrected chi connectivity index (χ1v) is 12.3. The number of aromatic nitrogens is 2. The summed E-state index contributed by atoms with van der Waals surface area (Å²) < 4.78 is 2.50. The Morgan fingerprint density at radius 1 is 1.12 bits per heavy atom. The summed E-state index contributed by atoms with van der Waals surface area (Å²) in [6.45, 7) is 4.32. The summed E-state index contributed by atoms with van der Waals surface area (Å²) >= 11 is 0. The Morgan fingerprint density at radius 3 is 2.55 bits per heavy atom. The van der Waals surface area contributed by atoms with E-state index in [4.69, 9.17) is 4.98 Å². The molecule has 2 N–H and O–H groups in total. The highest BCUT2D eigenvalue weighted by Crippen LogP contribution is 2.45. The highest BCUT2D eigenvalue weighted by atomic mass is 16.4. The van der Waals surface area contributed by atoms with Crippen LogP contribution in [-0.4, -0.2) is 39.9 Å². The molecule has 1 aliphatic carbocycles. The van der Waals surface area contributed by atoms with Gasteiger partial charge in [0.25, 0.3) is 0 Å². The Morgan fingerprint density at radius 2 is 1.88 bits per heavy atom. The molecular weight excluding hydrogens is 412 g/mol. The van der Waals surface area contributed by atoms with Crippen LogP contribution in [0, 0.1) is 5.41 Å². The van der Waals surface area contributed by atoms with Gasteiger partial charge in [-0.3, -0.25) is 4.90 Å². The highest BCUT2D eigenvalue weighted by molar-refractivity contribution is 5.94. The van der Waals surface area contributed by atoms with E-state index in [0.29, 0.717) is 11.5 Å². The van der Waals surface area contributed by atoms with Crippen molar-refractivity contribution in [2.24, 2.45) is 5.41 Å². The third-order valence-electron chi connectivity index (χ3n) is 8.32. The van der Waals surface area contributed by atoms with Gasteiger partial charge in [-0.2, -0.15) is 0 Å². The van der Waals surface area contributed by atoms with E-state index < -0.39 is 6.09 Å². The van der Waals surface area contributed by atoms with Crippen LogP contribution in [0.25, 0.3) is 11.0 Å². The maximum Gasteiger partial charge on any atom is 0.412 e. The van der Waals surface area contributed by atoms with E-state index in [-0.39, 0.29) is 6.04 Å². The standard InChI is InChI=1S/C27H32N4O2/c1-18-7-8-21-22(30(18)26(32)33)9-10-23-25(21)29-24(15-19-5-3-2-4-6-19)31(23)20-11-13-27(14-12-20)16-28-17-27/h2-6,9-10,18,20,28H,7-8,11-17H2,1H3,(H,32,33)/t18-/m0/s1. The molecule has 6 nitrogen and oxygen atoms in total. The summed E-state index contributed by atoms with van der Waals surface area (Å²) in [5.41, 5.74) is 5.86. The van der Waals surface area contributed by atoms with E-state index >= 15 is 0 Å². The predicted molar refractivity (Wildman–Crippen MR) is 130 cm³/mol. The fourth-order valence-corrected chi connectivity index (χ4v) is 6.35. The lowest BCUT2D eigenvalue weighted by molar-refractivity contribution is 0.0845. The molecule has 1 spiro atoms. The van der Waals surface area contributed by atoms with Crippen molar-refractivity contribution in [1.82, 2.24) is 14.9 Å². The molecule has 3 heterocycles. The normalized spacial score (nSPS) is 22.3. The molecule has 0 bridgehead atoms. The number of carbonyl (C=O) groups is 1. The van der Waals surface area contributed by atoms with Gasteiger partial charge in [0, 0.05) is 37.2 Å². The van der Waals surface area contributed by atoms with E-state index in [1.165, 1.54) is 41.7 Å². The van der Waals surface area contributed by atoms with E-state index in [1.807, 2.05) is 13.0 Å². The zero-order valence-corrected chi connectivity index (χ0v) is 19.3. The lowest BCUT2D eigenvalue weighted by Crippen LogP contribution is -2.54. The van der Waals surface area contributed by atoms with Crippen LogP contribution >= 0.6 is 0 Å². The quantitative estimate of drug-likeness (QED) is 0.586. The summed E-state index contributed by atoms with van der Waals surface area (Å²) in [7, 11) is 0. The topological polar surface area (TPSA) is 70.4 Å². The second-order valence-corrected chi connectivity index (χ2v) is 10.4. The SMILES string of the molecule is C[C@H]1CCc2c(ccc3c2nc(Cc2ccccc2)n3C2CCC3(CC2)CNC3)N1C(=O)O. The number of anilines is 1. The number of amides is 1. The Labute approximate surface area is 194 Å². The van der Waals surface area contributed by atoms with E-state index in [9.17, 15) is 9.90 Å². The molecule has 2 aromatic carbocycles. The predicted octanol–water partition coefficient (Wildman–Crippen LogP) is 5.15. The summed E-state index contributed by atoms with van der Waals surface area (Å²) in [6, 6.07) is 15.2. The first-order chi connectivity index (χ1) is 16.0. The molecule has 33 heavy (non-hydrogen) atoms. The minimum Gasteiger partial charge on any atom is -0.465 e. The fourth-order valence-electron chi connectivity index (χ4n) is 6.35. The van der Waals surface area contributed by atoms with Crippen LogP contribution in [-0.2, 0) is 12.8 Å². The second kappa shape index (κ2) is 7.87. The van der Waals surface area contributed by atoms with Gasteiger partial charge < -0.3 is 15.0 Å². The Bertz CT molecular complexity index is 1190. The molecule has 1 saturated carbocycles. The van der Waals surface area contributed by atoms with Crippen molar-refractivity contribution in [2.75, 3.05) is 18.0 Å². The van der Waals surface area contributed by atoms with Crippen molar-refractivity contribution in [1.29, 1.82) is 0 Å². The average Bonchev–Trinajstić information content (AvgIpc) is 3.16. The molecule has 3 aromatic rings. The van der Waals surface area contributed by atoms with Crippen molar-refractivity contribution < 1.29 is 9.90 Å². The maximum absolute atomic E-state index is 12.0. The van der Waals surface area contributed by atoms with Crippen LogP contribution in [0.5, 0.6) is 0 Å². The highest BCUT2D eigenvalue weighted by Gasteiger charge is 2.41. The monoisotopic (exact) mass is 444 g/mol. The molecular formula is C27H32N4O2. The minimum atomic E-state index is -0.876. The largest absolute Gasteiger partial charge is 0.465 e. The molecule has 2 aliphatic heterocycles. The van der Waals surface area contributed by atoms with Crippen LogP contribution in [0.1, 0.15) is 62.0 Å². The molecule has 0 radical (unpaired) electrons. The summed E-state index contributed by atoms with van der Waals surface area (Å²) in [6.07, 6.45) is 6.53. The number of imidazole rings is 1. The van der Waals surface area contributed by atoms with Gasteiger partial charge in [0.1, 0.15) is 5.82 Å². The number of aryl methyl sites for hydroxylation is 1. The number of rotatable bonds is 3. The van der Waals surface area contributed by atoms with E-state index in [2.05, 4.69) is 46.3 Å². The second-order valence-electron chi connectivity index (χ2n) is 10.4. The van der Waals surface area contributed by atoms with Crippen LogP contribution in [0.3, 0.4) is 0 Å². The number of nitrogens with one attached hydrogen (secondary N) is 1. The summed E-state index contributed by atoms with van der Waals surface area (Å²) in [5, 5.41) is 13.3. The van der Waals surface area contributed by atoms with Gasteiger partial charge >= 0.3 is 6.09 Å². The van der Waals surface area contributed by atoms with Crippen LogP contribution in [0.2, 0.25) is 0 Å². The summed E-state index contributed by atoms with van der Waals surface area (Å²) in [5.74, 6) is 1.11. The molecule has 6 rings (SSSR count). The van der Waals surface area contributed by atoms with Gasteiger partial charge in [0.05, 0.1) is 16.7 Å². The summed E-state index contributed by atoms with van der Waals surface area (Å²) in [4.78, 5) is 18.8. The smallest absolute Gasteiger partial charge is 0.412 e. The molecule has 6 heteroatoms. The van der Waals surface area contributed by atoms with Crippen LogP contribution in [0.4, 0.5) is 10.5 Å². The Hall–Kier alpha value is -2.86. The first-order valence-electron chi connectivity index (χ1n) is 12.3. The molecule has 1 saturated heterocycles. The van der Waals surface area contributed by atoms with Gasteiger partial charge in [0.15, 0.2) is 0 Å². The number of hydrogen-bond donors (Lipinski definition) is 2. The molecule has 1 amide bonds. The van der Waals surface area contributed by atoms with Crippen LogP contribution in [0.15, 0.2) is 42.5 Å². The zero-order chi connectivity index (χ0) is 22.6. The van der Waals surface area contributed by atoms with Gasteiger partial charge in [-0.1, -0.05) is 30.3 Å². The molecule has 1 atom stereocenters. The van der Waals surface area contributed by atoms with Crippen molar-refractivity contribution >= 4 is 22.8 Å².